The molecule has 3 heteroatoms. The van der Waals surface area contributed by atoms with Gasteiger partial charge in [-0.15, -0.1) is 0 Å². The highest BCUT2D eigenvalue weighted by molar-refractivity contribution is 7.68. The maximum Gasteiger partial charge on any atom is 0.173 e. The summed E-state index contributed by atoms with van der Waals surface area (Å²) in [6.07, 6.45) is 0. The van der Waals surface area contributed by atoms with Gasteiger partial charge >= 0.3 is 0 Å². The van der Waals surface area contributed by atoms with Gasteiger partial charge in [0.15, 0.2) is 7.29 Å². The van der Waals surface area contributed by atoms with Gasteiger partial charge in [0, 0.05) is 18.0 Å². The molecule has 0 fully saturated rings. The summed E-state index contributed by atoms with van der Waals surface area (Å²) in [5.41, 5.74) is 1.15. The molecule has 0 aliphatic carbocycles. The molecule has 2 atom stereocenters. The normalized spacial score (nSPS) is 15.9. The monoisotopic (exact) mass is 259 g/mol. The van der Waals surface area contributed by atoms with Crippen molar-refractivity contribution in [3.8, 4) is 0 Å². The van der Waals surface area contributed by atoms with Gasteiger partial charge < -0.3 is 4.57 Å². The van der Waals surface area contributed by atoms with Crippen LogP contribution >= 0.6 is 7.29 Å². The van der Waals surface area contributed by atoms with E-state index in [9.17, 15) is 4.57 Å². The molecule has 0 bridgehead atoms. The minimum absolute atomic E-state index is 0.0715. The van der Waals surface area contributed by atoms with Crippen LogP contribution in [0.15, 0.2) is 60.7 Å². The van der Waals surface area contributed by atoms with Crippen LogP contribution in [0, 0.1) is 0 Å². The Kier molecular flexibility index (Phi) is 4.00. The van der Waals surface area contributed by atoms with Crippen LogP contribution < -0.4 is 10.4 Å². The zero-order chi connectivity index (χ0) is 13.0. The first kappa shape index (κ1) is 13.1. The van der Waals surface area contributed by atoms with E-state index in [1.165, 1.54) is 0 Å². The number of hydrogen-bond donors (Lipinski definition) is 1. The summed E-state index contributed by atoms with van der Waals surface area (Å²) in [6, 6.07) is 19.7. The van der Waals surface area contributed by atoms with Crippen molar-refractivity contribution in [2.24, 2.45) is 0 Å². The quantitative estimate of drug-likeness (QED) is 0.850. The molecule has 2 nitrogen and oxygen atoms in total. The topological polar surface area (TPSA) is 29.1 Å². The van der Waals surface area contributed by atoms with Crippen LogP contribution in [0.3, 0.4) is 0 Å². The third kappa shape index (κ3) is 3.10. The highest BCUT2D eigenvalue weighted by Gasteiger charge is 2.20. The van der Waals surface area contributed by atoms with E-state index in [2.05, 4.69) is 5.09 Å². The Hall–Kier alpha value is -1.37. The van der Waals surface area contributed by atoms with Crippen molar-refractivity contribution in [1.82, 2.24) is 5.09 Å². The van der Waals surface area contributed by atoms with Crippen LogP contribution in [-0.4, -0.2) is 6.66 Å². The van der Waals surface area contributed by atoms with Gasteiger partial charge in [0.25, 0.3) is 0 Å². The zero-order valence-corrected chi connectivity index (χ0v) is 11.6. The van der Waals surface area contributed by atoms with Gasteiger partial charge in [0.1, 0.15) is 0 Å². The summed E-state index contributed by atoms with van der Waals surface area (Å²) in [7, 11) is -2.52. The Morgan fingerprint density at radius 2 is 1.44 bits per heavy atom. The second-order valence-corrected chi connectivity index (χ2v) is 7.14. The molecule has 1 N–H and O–H groups in total. The third-order valence-corrected chi connectivity index (χ3v) is 5.15. The highest BCUT2D eigenvalue weighted by Crippen LogP contribution is 2.38. The first-order valence-electron chi connectivity index (χ1n) is 6.05. The van der Waals surface area contributed by atoms with Crippen LogP contribution in [0.1, 0.15) is 18.5 Å². The first-order valence-corrected chi connectivity index (χ1v) is 8.21. The lowest BCUT2D eigenvalue weighted by Crippen LogP contribution is -2.21. The molecule has 94 valence electrons. The van der Waals surface area contributed by atoms with Crippen molar-refractivity contribution in [2.75, 3.05) is 6.66 Å². The van der Waals surface area contributed by atoms with E-state index < -0.39 is 7.29 Å². The second-order valence-electron chi connectivity index (χ2n) is 4.52. The molecule has 2 aromatic carbocycles. The molecule has 0 spiro atoms. The molecule has 0 aliphatic rings. The summed E-state index contributed by atoms with van der Waals surface area (Å²) in [5, 5.41) is 4.11. The summed E-state index contributed by atoms with van der Waals surface area (Å²) >= 11 is 0. The lowest BCUT2D eigenvalue weighted by molar-refractivity contribution is 0.565. The Bertz CT molecular complexity index is 539. The molecule has 2 rings (SSSR count). The van der Waals surface area contributed by atoms with Crippen LogP contribution in [0.4, 0.5) is 0 Å². The molecule has 0 heterocycles. The minimum atomic E-state index is -2.52. The van der Waals surface area contributed by atoms with Gasteiger partial charge in [-0.05, 0) is 12.5 Å². The maximum atomic E-state index is 12.7. The van der Waals surface area contributed by atoms with Gasteiger partial charge in [-0.1, -0.05) is 60.7 Å². The smallest absolute Gasteiger partial charge is 0.173 e. The van der Waals surface area contributed by atoms with Crippen molar-refractivity contribution >= 4 is 12.6 Å². The molecule has 0 aromatic heterocycles. The fraction of sp³-hybridized carbons (Fsp3) is 0.200. The first-order chi connectivity index (χ1) is 8.59. The molecule has 2 aromatic rings. The molecule has 0 aliphatic heterocycles. The molecule has 0 unspecified atom stereocenters. The Morgan fingerprint density at radius 1 is 0.944 bits per heavy atom. The number of rotatable bonds is 4. The van der Waals surface area contributed by atoms with Crippen LogP contribution in [0.2, 0.25) is 0 Å². The van der Waals surface area contributed by atoms with Crippen molar-refractivity contribution < 1.29 is 4.57 Å². The maximum absolute atomic E-state index is 12.7. The minimum Gasteiger partial charge on any atom is -0.302 e. The predicted molar refractivity (Wildman–Crippen MR) is 77.6 cm³/mol. The van der Waals surface area contributed by atoms with Crippen molar-refractivity contribution in [2.45, 2.75) is 13.0 Å². The number of benzene rings is 2. The van der Waals surface area contributed by atoms with Crippen molar-refractivity contribution in [3.63, 3.8) is 0 Å². The van der Waals surface area contributed by atoms with E-state index in [4.69, 9.17) is 0 Å². The molecular formula is C15H18NOP. The highest BCUT2D eigenvalue weighted by atomic mass is 31.2. The molecule has 0 amide bonds. The van der Waals surface area contributed by atoms with E-state index in [-0.39, 0.29) is 6.04 Å². The van der Waals surface area contributed by atoms with E-state index >= 15 is 0 Å². The standard InChI is InChI=1S/C15H18NOP/c1-13(14-9-5-3-6-10-14)16-18(2,17)15-11-7-4-8-12-15/h3-13H,1-2H3,(H,16,17)/t13-,18+/m1/s1. The fourth-order valence-electron chi connectivity index (χ4n) is 1.97. The number of hydrogen-bond acceptors (Lipinski definition) is 1. The summed E-state index contributed by atoms with van der Waals surface area (Å²) in [6.45, 7) is 3.82. The Balaban J connectivity index is 2.17. The average Bonchev–Trinajstić information content (AvgIpc) is 2.40. The van der Waals surface area contributed by atoms with E-state index in [0.717, 1.165) is 10.9 Å². The lowest BCUT2D eigenvalue weighted by Gasteiger charge is -2.21. The van der Waals surface area contributed by atoms with Crippen LogP contribution in [0.25, 0.3) is 0 Å². The van der Waals surface area contributed by atoms with Crippen LogP contribution in [-0.2, 0) is 4.57 Å². The SMILES string of the molecule is C[C@@H](N[P@@](C)(=O)c1ccccc1)c1ccccc1. The molecule has 0 saturated carbocycles. The number of nitrogens with one attached hydrogen (secondary N) is 1. The van der Waals surface area contributed by atoms with Crippen molar-refractivity contribution in [1.29, 1.82) is 0 Å². The predicted octanol–water partition coefficient (Wildman–Crippen LogP) is 3.57. The van der Waals surface area contributed by atoms with Gasteiger partial charge in [-0.3, -0.25) is 5.09 Å². The van der Waals surface area contributed by atoms with Gasteiger partial charge in [-0.25, -0.2) is 0 Å². The zero-order valence-electron chi connectivity index (χ0n) is 10.7. The van der Waals surface area contributed by atoms with Crippen LogP contribution in [0.5, 0.6) is 0 Å². The largest absolute Gasteiger partial charge is 0.302 e. The van der Waals surface area contributed by atoms with Gasteiger partial charge in [0.05, 0.1) is 0 Å². The summed E-state index contributed by atoms with van der Waals surface area (Å²) < 4.78 is 12.7. The lowest BCUT2D eigenvalue weighted by atomic mass is 10.1. The van der Waals surface area contributed by atoms with Crippen molar-refractivity contribution in [3.05, 3.63) is 66.2 Å². The molecule has 0 radical (unpaired) electrons. The Labute approximate surface area is 108 Å². The molecule has 0 saturated heterocycles. The van der Waals surface area contributed by atoms with Gasteiger partial charge in [0.2, 0.25) is 0 Å². The Morgan fingerprint density at radius 3 is 2.00 bits per heavy atom. The third-order valence-electron chi connectivity index (χ3n) is 2.99. The molecular weight excluding hydrogens is 241 g/mol. The second kappa shape index (κ2) is 5.51. The summed E-state index contributed by atoms with van der Waals surface area (Å²) in [4.78, 5) is 0. The van der Waals surface area contributed by atoms with Gasteiger partial charge in [-0.2, -0.15) is 0 Å². The van der Waals surface area contributed by atoms with E-state index in [1.807, 2.05) is 67.6 Å². The fourth-order valence-corrected chi connectivity index (χ4v) is 3.75. The van der Waals surface area contributed by atoms with E-state index in [1.54, 1.807) is 6.66 Å². The summed E-state index contributed by atoms with van der Waals surface area (Å²) in [5.74, 6) is 0. The van der Waals surface area contributed by atoms with E-state index in [0.29, 0.717) is 0 Å². The average molecular weight is 259 g/mol. The molecule has 18 heavy (non-hydrogen) atoms.